The summed E-state index contributed by atoms with van der Waals surface area (Å²) in [5, 5.41) is 2.74. The van der Waals surface area contributed by atoms with Gasteiger partial charge in [0.25, 0.3) is 0 Å². The molecule has 0 aliphatic carbocycles. The third-order valence-electron chi connectivity index (χ3n) is 5.70. The molecular formula is C20H29FN4O3. The van der Waals surface area contributed by atoms with E-state index >= 15 is 0 Å². The Morgan fingerprint density at radius 1 is 1.21 bits per heavy atom. The summed E-state index contributed by atoms with van der Waals surface area (Å²) in [5.41, 5.74) is 6.65. The number of carbonyl (C=O) groups excluding carboxylic acids is 2. The van der Waals surface area contributed by atoms with Crippen molar-refractivity contribution in [2.24, 2.45) is 11.7 Å². The third-order valence-corrected chi connectivity index (χ3v) is 5.70. The first-order valence-corrected chi connectivity index (χ1v) is 9.88. The number of carbonyl (C=O) groups is 2. The lowest BCUT2D eigenvalue weighted by atomic mass is 9.91. The highest BCUT2D eigenvalue weighted by atomic mass is 19.1. The van der Waals surface area contributed by atoms with Gasteiger partial charge in [0.2, 0.25) is 11.8 Å². The van der Waals surface area contributed by atoms with Crippen LogP contribution in [0.25, 0.3) is 0 Å². The summed E-state index contributed by atoms with van der Waals surface area (Å²) < 4.78 is 18.6. The van der Waals surface area contributed by atoms with Crippen LogP contribution < -0.4 is 11.1 Å². The molecule has 0 radical (unpaired) electrons. The van der Waals surface area contributed by atoms with Gasteiger partial charge in [-0.2, -0.15) is 0 Å². The molecule has 2 fully saturated rings. The van der Waals surface area contributed by atoms with Crippen molar-refractivity contribution in [2.45, 2.75) is 31.8 Å². The van der Waals surface area contributed by atoms with Crippen molar-refractivity contribution < 1.29 is 18.7 Å². The lowest BCUT2D eigenvalue weighted by Crippen LogP contribution is -2.57. The van der Waals surface area contributed by atoms with Crippen LogP contribution in [0.3, 0.4) is 0 Å². The highest BCUT2D eigenvalue weighted by Gasteiger charge is 2.33. The van der Waals surface area contributed by atoms with E-state index in [2.05, 4.69) is 5.32 Å². The summed E-state index contributed by atoms with van der Waals surface area (Å²) in [6.07, 6.45) is 1.65. The zero-order valence-electron chi connectivity index (χ0n) is 16.3. The summed E-state index contributed by atoms with van der Waals surface area (Å²) in [5.74, 6) is -0.415. The summed E-state index contributed by atoms with van der Waals surface area (Å²) in [6.45, 7) is 5.45. The average Bonchev–Trinajstić information content (AvgIpc) is 2.73. The number of nitrogens with two attached hydrogens (primary N) is 1. The maximum Gasteiger partial charge on any atom is 0.241 e. The quantitative estimate of drug-likeness (QED) is 0.782. The number of anilines is 1. The van der Waals surface area contributed by atoms with Crippen molar-refractivity contribution in [3.8, 4) is 0 Å². The Kier molecular flexibility index (Phi) is 6.98. The van der Waals surface area contributed by atoms with Gasteiger partial charge >= 0.3 is 0 Å². The number of piperazine rings is 1. The molecule has 0 spiro atoms. The Morgan fingerprint density at radius 2 is 1.89 bits per heavy atom. The molecule has 2 aliphatic heterocycles. The predicted molar refractivity (Wildman–Crippen MR) is 104 cm³/mol. The zero-order valence-corrected chi connectivity index (χ0v) is 16.3. The van der Waals surface area contributed by atoms with Crippen LogP contribution in [0.4, 0.5) is 10.1 Å². The molecule has 0 aromatic heterocycles. The van der Waals surface area contributed by atoms with Crippen molar-refractivity contribution in [1.82, 2.24) is 9.80 Å². The Hall–Kier alpha value is -2.03. The van der Waals surface area contributed by atoms with Gasteiger partial charge in [0.05, 0.1) is 12.1 Å². The van der Waals surface area contributed by atoms with E-state index in [4.69, 9.17) is 10.5 Å². The predicted octanol–water partition coefficient (Wildman–Crippen LogP) is 1.05. The highest BCUT2D eigenvalue weighted by molar-refractivity contribution is 5.94. The first-order valence-electron chi connectivity index (χ1n) is 9.88. The number of nitrogens with zero attached hydrogens (tertiary/aromatic N) is 2. The van der Waals surface area contributed by atoms with Crippen molar-refractivity contribution in [3.05, 3.63) is 30.1 Å². The molecule has 2 unspecified atom stereocenters. The van der Waals surface area contributed by atoms with Crippen LogP contribution in [0.1, 0.15) is 19.8 Å². The molecule has 1 aromatic rings. The minimum Gasteiger partial charge on any atom is -0.381 e. The number of amides is 2. The van der Waals surface area contributed by atoms with Crippen molar-refractivity contribution >= 4 is 17.5 Å². The van der Waals surface area contributed by atoms with Crippen molar-refractivity contribution in [2.75, 3.05) is 44.7 Å². The van der Waals surface area contributed by atoms with E-state index in [-0.39, 0.29) is 23.8 Å². The van der Waals surface area contributed by atoms with Gasteiger partial charge in [0.1, 0.15) is 5.82 Å². The fourth-order valence-corrected chi connectivity index (χ4v) is 3.80. The van der Waals surface area contributed by atoms with Gasteiger partial charge in [-0.15, -0.1) is 0 Å². The SMILES string of the molecule is CC(C(=O)Nc1cccc(F)c1)N1CCN(C(=O)C(N)C2CCOCC2)CC1. The molecular weight excluding hydrogens is 363 g/mol. The maximum absolute atomic E-state index is 13.3. The molecule has 0 saturated carbocycles. The van der Waals surface area contributed by atoms with Gasteiger partial charge in [-0.25, -0.2) is 4.39 Å². The number of hydrogen-bond donors (Lipinski definition) is 2. The highest BCUT2D eigenvalue weighted by Crippen LogP contribution is 2.20. The Bertz CT molecular complexity index is 688. The molecule has 1 aromatic carbocycles. The van der Waals surface area contributed by atoms with E-state index in [1.165, 1.54) is 12.1 Å². The lowest BCUT2D eigenvalue weighted by Gasteiger charge is -2.39. The minimum atomic E-state index is -0.482. The fraction of sp³-hybridized carbons (Fsp3) is 0.600. The van der Waals surface area contributed by atoms with Gasteiger partial charge in [-0.3, -0.25) is 14.5 Å². The summed E-state index contributed by atoms with van der Waals surface area (Å²) in [6, 6.07) is 4.98. The van der Waals surface area contributed by atoms with Crippen LogP contribution in [0, 0.1) is 11.7 Å². The smallest absolute Gasteiger partial charge is 0.241 e. The number of halogens is 1. The van der Waals surface area contributed by atoms with E-state index in [0.717, 1.165) is 12.8 Å². The molecule has 2 atom stereocenters. The number of ether oxygens (including phenoxy) is 1. The number of rotatable bonds is 5. The standard InChI is InChI=1S/C20H29FN4O3/c1-14(19(26)23-17-4-2-3-16(21)13-17)24-7-9-25(10-8-24)20(27)18(22)15-5-11-28-12-6-15/h2-4,13-15,18H,5-12,22H2,1H3,(H,23,26). The van der Waals surface area contributed by atoms with Crippen LogP contribution in [-0.2, 0) is 14.3 Å². The van der Waals surface area contributed by atoms with Gasteiger partial charge in [-0.1, -0.05) is 6.07 Å². The second-order valence-electron chi connectivity index (χ2n) is 7.51. The molecule has 3 rings (SSSR count). The molecule has 2 heterocycles. The zero-order chi connectivity index (χ0) is 20.1. The first-order chi connectivity index (χ1) is 13.5. The van der Waals surface area contributed by atoms with E-state index in [0.29, 0.717) is 45.1 Å². The average molecular weight is 392 g/mol. The van der Waals surface area contributed by atoms with Gasteiger partial charge in [-0.05, 0) is 43.9 Å². The van der Waals surface area contributed by atoms with Crippen LogP contribution in [0.15, 0.2) is 24.3 Å². The fourth-order valence-electron chi connectivity index (χ4n) is 3.80. The van der Waals surface area contributed by atoms with Crippen LogP contribution in [-0.4, -0.2) is 73.1 Å². The minimum absolute atomic E-state index is 0.0107. The largest absolute Gasteiger partial charge is 0.381 e. The second-order valence-corrected chi connectivity index (χ2v) is 7.51. The molecule has 3 N–H and O–H groups in total. The topological polar surface area (TPSA) is 87.9 Å². The van der Waals surface area contributed by atoms with Gasteiger partial charge in [0.15, 0.2) is 0 Å². The maximum atomic E-state index is 13.3. The molecule has 0 bridgehead atoms. The third kappa shape index (κ3) is 5.06. The van der Waals surface area contributed by atoms with E-state index < -0.39 is 11.9 Å². The monoisotopic (exact) mass is 392 g/mol. The normalized spacial score (nSPS) is 21.2. The van der Waals surface area contributed by atoms with Crippen LogP contribution >= 0.6 is 0 Å². The molecule has 2 amide bonds. The van der Waals surface area contributed by atoms with E-state index in [9.17, 15) is 14.0 Å². The molecule has 2 aliphatic rings. The van der Waals surface area contributed by atoms with Crippen LogP contribution in [0.5, 0.6) is 0 Å². The summed E-state index contributed by atoms with van der Waals surface area (Å²) >= 11 is 0. The van der Waals surface area contributed by atoms with E-state index in [1.807, 2.05) is 11.8 Å². The molecule has 7 nitrogen and oxygen atoms in total. The number of benzene rings is 1. The van der Waals surface area contributed by atoms with Crippen molar-refractivity contribution in [3.63, 3.8) is 0 Å². The molecule has 2 saturated heterocycles. The van der Waals surface area contributed by atoms with Gasteiger partial charge in [0, 0.05) is 45.1 Å². The summed E-state index contributed by atoms with van der Waals surface area (Å²) in [4.78, 5) is 29.0. The second kappa shape index (κ2) is 9.45. The molecule has 154 valence electrons. The van der Waals surface area contributed by atoms with Crippen LogP contribution in [0.2, 0.25) is 0 Å². The number of nitrogens with one attached hydrogen (secondary N) is 1. The van der Waals surface area contributed by atoms with Crippen molar-refractivity contribution in [1.29, 1.82) is 0 Å². The summed E-state index contributed by atoms with van der Waals surface area (Å²) in [7, 11) is 0. The molecule has 8 heteroatoms. The molecule has 28 heavy (non-hydrogen) atoms. The Morgan fingerprint density at radius 3 is 2.54 bits per heavy atom. The number of hydrogen-bond acceptors (Lipinski definition) is 5. The lowest BCUT2D eigenvalue weighted by molar-refractivity contribution is -0.137. The van der Waals surface area contributed by atoms with E-state index in [1.54, 1.807) is 17.0 Å². The van der Waals surface area contributed by atoms with Gasteiger partial charge < -0.3 is 20.7 Å². The Labute approximate surface area is 165 Å². The Balaban J connectivity index is 1.48. The first kappa shape index (κ1) is 20.7.